The fraction of sp³-hybridized carbons (Fsp3) is 0.667. The van der Waals surface area contributed by atoms with Crippen molar-refractivity contribution in [2.75, 3.05) is 0 Å². The molecule has 0 bridgehead atoms. The van der Waals surface area contributed by atoms with Crippen LogP contribution in [0.2, 0.25) is 0 Å². The minimum Gasteiger partial charge on any atom is -0.772 e. The van der Waals surface area contributed by atoms with Gasteiger partial charge in [0.1, 0.15) is 0 Å². The number of alkyl halides is 1. The van der Waals surface area contributed by atoms with Crippen LogP contribution in [0.1, 0.15) is 12.8 Å². The molecule has 0 fully saturated rings. The molecule has 1 aliphatic carbocycles. The Morgan fingerprint density at radius 3 is 2.80 bits per heavy atom. The monoisotopic (exact) mass is 179 g/mol. The van der Waals surface area contributed by atoms with Crippen molar-refractivity contribution in [1.82, 2.24) is 0 Å². The summed E-state index contributed by atoms with van der Waals surface area (Å²) < 4.78 is 20.9. The van der Waals surface area contributed by atoms with Crippen LogP contribution in [0.4, 0.5) is 0 Å². The SMILES string of the molecule is O=S([O-])C1CCC=CC1Cl. The summed E-state index contributed by atoms with van der Waals surface area (Å²) >= 11 is 3.68. The summed E-state index contributed by atoms with van der Waals surface area (Å²) in [7, 11) is 0. The molecular weight excluding hydrogens is 172 g/mol. The Kier molecular flexibility index (Phi) is 2.89. The lowest BCUT2D eigenvalue weighted by Crippen LogP contribution is -2.26. The first-order chi connectivity index (χ1) is 4.72. The third-order valence-electron chi connectivity index (χ3n) is 1.54. The minimum atomic E-state index is -2.02. The molecule has 0 aliphatic heterocycles. The lowest BCUT2D eigenvalue weighted by Gasteiger charge is -2.24. The first kappa shape index (κ1) is 8.24. The molecule has 0 amide bonds. The van der Waals surface area contributed by atoms with Gasteiger partial charge in [0.2, 0.25) is 0 Å². The third-order valence-corrected chi connectivity index (χ3v) is 3.16. The van der Waals surface area contributed by atoms with Crippen LogP contribution in [-0.4, -0.2) is 19.4 Å². The molecule has 0 spiro atoms. The van der Waals surface area contributed by atoms with E-state index in [1.807, 2.05) is 6.08 Å². The number of hydrogen-bond donors (Lipinski definition) is 0. The highest BCUT2D eigenvalue weighted by atomic mass is 35.5. The highest BCUT2D eigenvalue weighted by Crippen LogP contribution is 2.20. The summed E-state index contributed by atoms with van der Waals surface area (Å²) in [4.78, 5) is 0. The number of hydrogen-bond acceptors (Lipinski definition) is 2. The Morgan fingerprint density at radius 2 is 2.40 bits per heavy atom. The summed E-state index contributed by atoms with van der Waals surface area (Å²) in [6.45, 7) is 0. The van der Waals surface area contributed by atoms with Crippen molar-refractivity contribution in [3.8, 4) is 0 Å². The Morgan fingerprint density at radius 1 is 1.70 bits per heavy atom. The molecule has 0 aromatic heterocycles. The van der Waals surface area contributed by atoms with Crippen LogP contribution in [0.25, 0.3) is 0 Å². The topological polar surface area (TPSA) is 40.1 Å². The first-order valence-corrected chi connectivity index (χ1v) is 4.68. The van der Waals surface area contributed by atoms with Gasteiger partial charge in [0, 0.05) is 5.25 Å². The zero-order valence-corrected chi connectivity index (χ0v) is 6.90. The molecule has 58 valence electrons. The maximum absolute atomic E-state index is 10.4. The van der Waals surface area contributed by atoms with Crippen molar-refractivity contribution in [1.29, 1.82) is 0 Å². The summed E-state index contributed by atoms with van der Waals surface area (Å²) in [6.07, 6.45) is 5.13. The van der Waals surface area contributed by atoms with Crippen molar-refractivity contribution in [2.24, 2.45) is 0 Å². The molecule has 1 aliphatic rings. The average molecular weight is 180 g/mol. The number of rotatable bonds is 1. The van der Waals surface area contributed by atoms with Crippen molar-refractivity contribution >= 4 is 22.7 Å². The highest BCUT2D eigenvalue weighted by molar-refractivity contribution is 7.80. The largest absolute Gasteiger partial charge is 0.772 e. The van der Waals surface area contributed by atoms with Crippen LogP contribution >= 0.6 is 11.6 Å². The second-order valence-corrected chi connectivity index (χ2v) is 3.88. The zero-order valence-electron chi connectivity index (χ0n) is 5.33. The van der Waals surface area contributed by atoms with E-state index in [9.17, 15) is 8.76 Å². The quantitative estimate of drug-likeness (QED) is 0.345. The molecule has 0 saturated heterocycles. The Bertz CT molecular complexity index is 169. The molecule has 3 atom stereocenters. The summed E-state index contributed by atoms with van der Waals surface area (Å²) in [5.41, 5.74) is 0. The predicted octanol–water partition coefficient (Wildman–Crippen LogP) is 1.19. The molecule has 0 radical (unpaired) electrons. The van der Waals surface area contributed by atoms with E-state index in [1.54, 1.807) is 6.08 Å². The van der Waals surface area contributed by atoms with E-state index in [0.717, 1.165) is 6.42 Å². The smallest absolute Gasteiger partial charge is 0.0648 e. The van der Waals surface area contributed by atoms with Crippen molar-refractivity contribution in [2.45, 2.75) is 23.5 Å². The molecule has 1 rings (SSSR count). The van der Waals surface area contributed by atoms with E-state index >= 15 is 0 Å². The molecule has 10 heavy (non-hydrogen) atoms. The van der Waals surface area contributed by atoms with Gasteiger partial charge < -0.3 is 4.55 Å². The minimum absolute atomic E-state index is 0.327. The molecule has 0 aromatic carbocycles. The normalized spacial score (nSPS) is 35.8. The van der Waals surface area contributed by atoms with E-state index < -0.39 is 11.1 Å². The average Bonchev–Trinajstić information content (AvgIpc) is 1.88. The predicted molar refractivity (Wildman–Crippen MR) is 40.7 cm³/mol. The lowest BCUT2D eigenvalue weighted by atomic mass is 10.1. The van der Waals surface area contributed by atoms with Crippen molar-refractivity contribution in [3.05, 3.63) is 12.2 Å². The Labute approximate surface area is 67.5 Å². The molecule has 0 heterocycles. The molecule has 0 aromatic rings. The van der Waals surface area contributed by atoms with E-state index in [0.29, 0.717) is 6.42 Å². The van der Waals surface area contributed by atoms with Crippen LogP contribution in [0.3, 0.4) is 0 Å². The highest BCUT2D eigenvalue weighted by Gasteiger charge is 2.19. The molecule has 0 N–H and O–H groups in total. The van der Waals surface area contributed by atoms with E-state index in [1.165, 1.54) is 0 Å². The fourth-order valence-electron chi connectivity index (χ4n) is 0.972. The van der Waals surface area contributed by atoms with Crippen LogP contribution in [-0.2, 0) is 11.1 Å². The van der Waals surface area contributed by atoms with E-state index in [-0.39, 0.29) is 10.6 Å². The van der Waals surface area contributed by atoms with Gasteiger partial charge in [0.15, 0.2) is 0 Å². The van der Waals surface area contributed by atoms with Crippen LogP contribution in [0.15, 0.2) is 12.2 Å². The number of allylic oxidation sites excluding steroid dienone is 2. The van der Waals surface area contributed by atoms with Gasteiger partial charge in [-0.1, -0.05) is 23.2 Å². The molecule has 2 nitrogen and oxygen atoms in total. The first-order valence-electron chi connectivity index (χ1n) is 3.10. The lowest BCUT2D eigenvalue weighted by molar-refractivity contribution is 0.514. The molecular formula is C6H8ClO2S-. The maximum atomic E-state index is 10.4. The standard InChI is InChI=1S/C6H9ClO2S/c7-5-3-1-2-4-6(5)10(8)9/h1,3,5-6H,2,4H2,(H,8,9)/p-1. The molecule has 4 heteroatoms. The van der Waals surface area contributed by atoms with E-state index in [2.05, 4.69) is 0 Å². The second-order valence-electron chi connectivity index (χ2n) is 2.25. The Hall–Kier alpha value is 0.140. The van der Waals surface area contributed by atoms with Crippen LogP contribution in [0.5, 0.6) is 0 Å². The van der Waals surface area contributed by atoms with Gasteiger partial charge in [-0.05, 0) is 12.8 Å². The summed E-state index contributed by atoms with van der Waals surface area (Å²) in [5.74, 6) is 0. The zero-order chi connectivity index (χ0) is 7.56. The van der Waals surface area contributed by atoms with Gasteiger partial charge in [0.25, 0.3) is 0 Å². The van der Waals surface area contributed by atoms with Crippen molar-refractivity contribution in [3.63, 3.8) is 0 Å². The van der Waals surface area contributed by atoms with Crippen LogP contribution < -0.4 is 0 Å². The van der Waals surface area contributed by atoms with E-state index in [4.69, 9.17) is 11.6 Å². The third kappa shape index (κ3) is 1.81. The fourth-order valence-corrected chi connectivity index (χ4v) is 2.08. The van der Waals surface area contributed by atoms with Crippen molar-refractivity contribution < 1.29 is 8.76 Å². The van der Waals surface area contributed by atoms with Gasteiger partial charge in [-0.3, -0.25) is 4.21 Å². The van der Waals surface area contributed by atoms with Crippen LogP contribution in [0, 0.1) is 0 Å². The Balaban J connectivity index is 2.60. The molecule has 3 unspecified atom stereocenters. The van der Waals surface area contributed by atoms with Gasteiger partial charge in [0.05, 0.1) is 5.38 Å². The summed E-state index contributed by atoms with van der Waals surface area (Å²) in [5, 5.41) is -0.709. The van der Waals surface area contributed by atoms with Gasteiger partial charge in [-0.15, -0.1) is 11.6 Å². The molecule has 0 saturated carbocycles. The van der Waals surface area contributed by atoms with Gasteiger partial charge in [-0.25, -0.2) is 0 Å². The second kappa shape index (κ2) is 3.51. The van der Waals surface area contributed by atoms with Gasteiger partial charge in [-0.2, -0.15) is 0 Å². The van der Waals surface area contributed by atoms with Gasteiger partial charge >= 0.3 is 0 Å². The summed E-state index contributed by atoms with van der Waals surface area (Å²) in [6, 6.07) is 0. The number of halogens is 1. The maximum Gasteiger partial charge on any atom is 0.0648 e.